The summed E-state index contributed by atoms with van der Waals surface area (Å²) in [6, 6.07) is 9.98. The van der Waals surface area contributed by atoms with Gasteiger partial charge in [-0.25, -0.2) is 9.67 Å². The van der Waals surface area contributed by atoms with E-state index in [2.05, 4.69) is 15.4 Å². The molecule has 0 saturated heterocycles. The number of para-hydroxylation sites is 1. The van der Waals surface area contributed by atoms with Crippen molar-refractivity contribution < 1.29 is 4.42 Å². The molecule has 20 heavy (non-hydrogen) atoms. The van der Waals surface area contributed by atoms with Gasteiger partial charge < -0.3 is 9.73 Å². The van der Waals surface area contributed by atoms with Crippen molar-refractivity contribution in [1.29, 1.82) is 0 Å². The molecule has 0 atom stereocenters. The van der Waals surface area contributed by atoms with Crippen LogP contribution in [0.15, 0.2) is 53.3 Å². The number of aromatic nitrogens is 3. The van der Waals surface area contributed by atoms with Crippen molar-refractivity contribution in [2.24, 2.45) is 0 Å². The molecule has 1 aromatic carbocycles. The number of benzene rings is 1. The number of rotatable bonds is 5. The van der Waals surface area contributed by atoms with Crippen molar-refractivity contribution in [2.45, 2.75) is 6.42 Å². The zero-order valence-corrected chi connectivity index (χ0v) is 11.3. The second-order valence-electron chi connectivity index (χ2n) is 4.48. The first kappa shape index (κ1) is 12.6. The van der Waals surface area contributed by atoms with E-state index in [0.29, 0.717) is 0 Å². The van der Waals surface area contributed by atoms with Gasteiger partial charge in [0.1, 0.15) is 0 Å². The van der Waals surface area contributed by atoms with Crippen molar-refractivity contribution in [3.8, 4) is 17.0 Å². The van der Waals surface area contributed by atoms with Crippen LogP contribution in [-0.2, 0) is 6.42 Å². The van der Waals surface area contributed by atoms with E-state index in [1.807, 2.05) is 48.3 Å². The van der Waals surface area contributed by atoms with Crippen LogP contribution in [0.4, 0.5) is 0 Å². The summed E-state index contributed by atoms with van der Waals surface area (Å²) >= 11 is 0. The third-order valence-corrected chi connectivity index (χ3v) is 3.03. The Hall–Kier alpha value is -2.40. The highest BCUT2D eigenvalue weighted by Gasteiger charge is 2.09. The van der Waals surface area contributed by atoms with E-state index in [-0.39, 0.29) is 0 Å². The maximum absolute atomic E-state index is 5.72. The van der Waals surface area contributed by atoms with E-state index in [4.69, 9.17) is 4.42 Å². The molecule has 102 valence electrons. The van der Waals surface area contributed by atoms with Crippen LogP contribution in [0.2, 0.25) is 0 Å². The predicted octanol–water partition coefficient (Wildman–Crippen LogP) is 2.29. The summed E-state index contributed by atoms with van der Waals surface area (Å²) in [7, 11) is 1.91. The van der Waals surface area contributed by atoms with Gasteiger partial charge in [-0.05, 0) is 19.2 Å². The smallest absolute Gasteiger partial charge is 0.196 e. The monoisotopic (exact) mass is 268 g/mol. The molecular formula is C15H16N4O. The van der Waals surface area contributed by atoms with E-state index in [0.717, 1.165) is 35.9 Å². The highest BCUT2D eigenvalue weighted by Crippen LogP contribution is 2.21. The molecule has 0 aliphatic carbocycles. The van der Waals surface area contributed by atoms with Crippen LogP contribution in [0, 0.1) is 0 Å². The number of nitrogens with zero attached hydrogens (tertiary/aromatic N) is 3. The van der Waals surface area contributed by atoms with Gasteiger partial charge in [-0.15, -0.1) is 0 Å². The average Bonchev–Trinajstić information content (AvgIpc) is 3.15. The summed E-state index contributed by atoms with van der Waals surface area (Å²) in [5.74, 6) is 1.49. The van der Waals surface area contributed by atoms with Crippen LogP contribution in [0.25, 0.3) is 17.0 Å². The van der Waals surface area contributed by atoms with Gasteiger partial charge in [0.2, 0.25) is 0 Å². The fourth-order valence-corrected chi connectivity index (χ4v) is 1.96. The Morgan fingerprint density at radius 2 is 2.05 bits per heavy atom. The number of likely N-dealkylation sites (N-methyl/N-ethyl adjacent to an activating group) is 1. The summed E-state index contributed by atoms with van der Waals surface area (Å²) in [6.07, 6.45) is 6.26. The van der Waals surface area contributed by atoms with Crippen molar-refractivity contribution in [3.05, 3.63) is 54.8 Å². The van der Waals surface area contributed by atoms with Gasteiger partial charge in [-0.1, -0.05) is 18.2 Å². The number of nitrogens with one attached hydrogen (secondary N) is 1. The zero-order chi connectivity index (χ0) is 13.8. The first-order valence-electron chi connectivity index (χ1n) is 6.56. The molecule has 0 aliphatic heterocycles. The quantitative estimate of drug-likeness (QED) is 0.771. The van der Waals surface area contributed by atoms with Gasteiger partial charge in [0.25, 0.3) is 0 Å². The lowest BCUT2D eigenvalue weighted by Crippen LogP contribution is -2.10. The van der Waals surface area contributed by atoms with Gasteiger partial charge in [0.15, 0.2) is 11.7 Å². The van der Waals surface area contributed by atoms with E-state index in [1.165, 1.54) is 0 Å². The third kappa shape index (κ3) is 2.62. The molecule has 1 N–H and O–H groups in total. The number of hydrogen-bond acceptors (Lipinski definition) is 4. The average molecular weight is 268 g/mol. The number of oxazole rings is 1. The highest BCUT2D eigenvalue weighted by atomic mass is 16.4. The SMILES string of the molecule is CNCCc1ncc(-c2cnn(-c3ccccc3)c2)o1. The lowest BCUT2D eigenvalue weighted by Gasteiger charge is -1.98. The normalized spacial score (nSPS) is 10.8. The molecule has 0 amide bonds. The minimum absolute atomic E-state index is 0.738. The van der Waals surface area contributed by atoms with Gasteiger partial charge >= 0.3 is 0 Å². The summed E-state index contributed by atoms with van der Waals surface area (Å²) in [6.45, 7) is 0.850. The first-order valence-corrected chi connectivity index (χ1v) is 6.56. The van der Waals surface area contributed by atoms with Crippen LogP contribution in [0.1, 0.15) is 5.89 Å². The molecule has 0 bridgehead atoms. The van der Waals surface area contributed by atoms with Crippen LogP contribution in [0.3, 0.4) is 0 Å². The highest BCUT2D eigenvalue weighted by molar-refractivity contribution is 5.54. The largest absolute Gasteiger partial charge is 0.441 e. The molecule has 0 saturated carbocycles. The zero-order valence-electron chi connectivity index (χ0n) is 11.3. The van der Waals surface area contributed by atoms with E-state index >= 15 is 0 Å². The lowest BCUT2D eigenvalue weighted by atomic mass is 10.3. The molecule has 2 aromatic heterocycles. The molecule has 5 nitrogen and oxygen atoms in total. The third-order valence-electron chi connectivity index (χ3n) is 3.03. The molecule has 0 spiro atoms. The molecule has 5 heteroatoms. The summed E-state index contributed by atoms with van der Waals surface area (Å²) in [5, 5.41) is 7.43. The summed E-state index contributed by atoms with van der Waals surface area (Å²) in [4.78, 5) is 4.27. The summed E-state index contributed by atoms with van der Waals surface area (Å²) < 4.78 is 7.54. The molecule has 3 rings (SSSR count). The van der Waals surface area contributed by atoms with E-state index < -0.39 is 0 Å². The Labute approximate surface area is 117 Å². The predicted molar refractivity (Wildman–Crippen MR) is 76.7 cm³/mol. The molecule has 0 radical (unpaired) electrons. The fourth-order valence-electron chi connectivity index (χ4n) is 1.96. The van der Waals surface area contributed by atoms with Crippen molar-refractivity contribution in [2.75, 3.05) is 13.6 Å². The van der Waals surface area contributed by atoms with Gasteiger partial charge in [0, 0.05) is 19.2 Å². The van der Waals surface area contributed by atoms with Crippen LogP contribution < -0.4 is 5.32 Å². The minimum Gasteiger partial charge on any atom is -0.441 e. The minimum atomic E-state index is 0.738. The van der Waals surface area contributed by atoms with E-state index in [9.17, 15) is 0 Å². The van der Waals surface area contributed by atoms with Gasteiger partial charge in [-0.3, -0.25) is 0 Å². The Morgan fingerprint density at radius 3 is 2.85 bits per heavy atom. The topological polar surface area (TPSA) is 55.9 Å². The van der Waals surface area contributed by atoms with Gasteiger partial charge in [-0.2, -0.15) is 5.10 Å². The molecule has 0 fully saturated rings. The molecule has 3 aromatic rings. The second kappa shape index (κ2) is 5.71. The Bertz CT molecular complexity index is 672. The molecule has 2 heterocycles. The van der Waals surface area contributed by atoms with Gasteiger partial charge in [0.05, 0.1) is 23.6 Å². The van der Waals surface area contributed by atoms with Crippen molar-refractivity contribution in [3.63, 3.8) is 0 Å². The Kier molecular flexibility index (Phi) is 3.60. The first-order chi connectivity index (χ1) is 9.86. The standard InChI is InChI=1S/C15H16N4O/c1-16-8-7-15-17-10-14(20-15)12-9-18-19(11-12)13-5-3-2-4-6-13/h2-6,9-11,16H,7-8H2,1H3. The Balaban J connectivity index is 1.81. The Morgan fingerprint density at radius 1 is 1.20 bits per heavy atom. The molecule has 0 unspecified atom stereocenters. The van der Waals surface area contributed by atoms with Crippen LogP contribution >= 0.6 is 0 Å². The molecular weight excluding hydrogens is 252 g/mol. The van der Waals surface area contributed by atoms with Crippen LogP contribution in [-0.4, -0.2) is 28.4 Å². The fraction of sp³-hybridized carbons (Fsp3) is 0.200. The number of hydrogen-bond donors (Lipinski definition) is 1. The van der Waals surface area contributed by atoms with Crippen LogP contribution in [0.5, 0.6) is 0 Å². The lowest BCUT2D eigenvalue weighted by molar-refractivity contribution is 0.501. The maximum Gasteiger partial charge on any atom is 0.196 e. The second-order valence-corrected chi connectivity index (χ2v) is 4.48. The van der Waals surface area contributed by atoms with Crippen molar-refractivity contribution in [1.82, 2.24) is 20.1 Å². The van der Waals surface area contributed by atoms with E-state index in [1.54, 1.807) is 12.4 Å². The summed E-state index contributed by atoms with van der Waals surface area (Å²) in [5.41, 5.74) is 1.95. The van der Waals surface area contributed by atoms with Crippen molar-refractivity contribution >= 4 is 0 Å². The maximum atomic E-state index is 5.72. The molecule has 0 aliphatic rings.